The van der Waals surface area contributed by atoms with Crippen LogP contribution in [0.2, 0.25) is 0 Å². The Labute approximate surface area is 188 Å². The van der Waals surface area contributed by atoms with E-state index in [9.17, 15) is 9.18 Å². The normalized spacial score (nSPS) is 19.7. The van der Waals surface area contributed by atoms with E-state index < -0.39 is 0 Å². The summed E-state index contributed by atoms with van der Waals surface area (Å²) in [6.07, 6.45) is 1.51. The highest BCUT2D eigenvalue weighted by Crippen LogP contribution is 2.19. The summed E-state index contributed by atoms with van der Waals surface area (Å²) in [7, 11) is 1.73. The molecule has 2 heterocycles. The number of halogens is 2. The zero-order chi connectivity index (χ0) is 19.9. The molecule has 29 heavy (non-hydrogen) atoms. The molecule has 3 rings (SSSR count). The largest absolute Gasteiger partial charge is 0.491 e. The van der Waals surface area contributed by atoms with E-state index in [4.69, 9.17) is 9.47 Å². The minimum atomic E-state index is -0.364. The fourth-order valence-corrected chi connectivity index (χ4v) is 3.55. The van der Waals surface area contributed by atoms with Crippen molar-refractivity contribution >= 4 is 35.8 Å². The molecule has 0 spiro atoms. The van der Waals surface area contributed by atoms with Crippen molar-refractivity contribution in [2.45, 2.75) is 32.4 Å². The molecule has 1 aromatic rings. The van der Waals surface area contributed by atoms with E-state index >= 15 is 0 Å². The highest BCUT2D eigenvalue weighted by molar-refractivity contribution is 14.0. The second-order valence-electron chi connectivity index (χ2n) is 6.91. The number of nitrogens with zero attached hydrogens (tertiary/aromatic N) is 3. The van der Waals surface area contributed by atoms with Crippen molar-refractivity contribution in [3.63, 3.8) is 0 Å². The van der Waals surface area contributed by atoms with Gasteiger partial charge in [0.15, 0.2) is 17.5 Å². The average molecular weight is 520 g/mol. The van der Waals surface area contributed by atoms with Gasteiger partial charge in [-0.3, -0.25) is 9.79 Å². The number of benzene rings is 1. The number of ether oxygens (including phenoxy) is 2. The monoisotopic (exact) mass is 520 g/mol. The second kappa shape index (κ2) is 11.5. The molecule has 1 aromatic carbocycles. The van der Waals surface area contributed by atoms with Gasteiger partial charge in [0, 0.05) is 46.4 Å². The fourth-order valence-electron chi connectivity index (χ4n) is 3.55. The number of amides is 1. The third-order valence-corrected chi connectivity index (χ3v) is 5.05. The predicted molar refractivity (Wildman–Crippen MR) is 120 cm³/mol. The first-order chi connectivity index (χ1) is 13.6. The molecule has 0 aliphatic carbocycles. The lowest BCUT2D eigenvalue weighted by Crippen LogP contribution is -2.55. The smallest absolute Gasteiger partial charge is 0.251 e. The Morgan fingerprint density at radius 2 is 2.03 bits per heavy atom. The molecule has 7 nitrogen and oxygen atoms in total. The molecule has 0 bridgehead atoms. The van der Waals surface area contributed by atoms with Crippen molar-refractivity contribution in [2.24, 2.45) is 4.99 Å². The van der Waals surface area contributed by atoms with Crippen LogP contribution in [-0.2, 0) is 16.1 Å². The third-order valence-electron chi connectivity index (χ3n) is 5.05. The Morgan fingerprint density at radius 3 is 2.62 bits per heavy atom. The van der Waals surface area contributed by atoms with Crippen molar-refractivity contribution in [2.75, 3.05) is 46.4 Å². The van der Waals surface area contributed by atoms with Crippen LogP contribution in [0.15, 0.2) is 23.2 Å². The Kier molecular flexibility index (Phi) is 9.41. The summed E-state index contributed by atoms with van der Waals surface area (Å²) in [4.78, 5) is 20.8. The number of hydrogen-bond donors (Lipinski definition) is 1. The number of guanidine groups is 1. The van der Waals surface area contributed by atoms with Crippen LogP contribution in [0, 0.1) is 5.82 Å². The van der Waals surface area contributed by atoms with E-state index in [-0.39, 0.29) is 47.6 Å². The molecule has 0 radical (unpaired) electrons. The molecule has 1 unspecified atom stereocenters. The molecule has 2 aliphatic rings. The van der Waals surface area contributed by atoms with Gasteiger partial charge in [-0.15, -0.1) is 24.0 Å². The van der Waals surface area contributed by atoms with E-state index in [1.807, 2.05) is 17.9 Å². The standard InChI is InChI=1S/C20H29FN4O3.HI/c1-3-27-17-7-6-15(13-16(17)21)14-23-20(22-2)25-10-8-24(9-11-25)19(26)18-5-4-12-28-18;/h6-7,13,18H,3-5,8-12,14H2,1-2H3,(H,22,23);1H. The summed E-state index contributed by atoms with van der Waals surface area (Å²) in [6, 6.07) is 4.96. The van der Waals surface area contributed by atoms with E-state index in [0.717, 1.165) is 24.4 Å². The van der Waals surface area contributed by atoms with E-state index in [2.05, 4.69) is 15.2 Å². The molecule has 2 aliphatic heterocycles. The van der Waals surface area contributed by atoms with Crippen LogP contribution >= 0.6 is 24.0 Å². The summed E-state index contributed by atoms with van der Waals surface area (Å²) >= 11 is 0. The molecule has 9 heteroatoms. The SMILES string of the molecule is CCOc1ccc(CNC(=NC)N2CCN(C(=O)C3CCCO3)CC2)cc1F.I. The Morgan fingerprint density at radius 1 is 1.31 bits per heavy atom. The number of nitrogens with one attached hydrogen (secondary N) is 1. The lowest BCUT2D eigenvalue weighted by Gasteiger charge is -2.37. The van der Waals surface area contributed by atoms with Crippen LogP contribution < -0.4 is 10.1 Å². The van der Waals surface area contributed by atoms with Gasteiger partial charge in [0.1, 0.15) is 6.10 Å². The number of carbonyl (C=O) groups excluding carboxylic acids is 1. The van der Waals surface area contributed by atoms with E-state index in [1.54, 1.807) is 13.1 Å². The molecular weight excluding hydrogens is 490 g/mol. The summed E-state index contributed by atoms with van der Waals surface area (Å²) < 4.78 is 24.7. The van der Waals surface area contributed by atoms with Crippen molar-refractivity contribution < 1.29 is 18.7 Å². The van der Waals surface area contributed by atoms with Crippen LogP contribution in [0.25, 0.3) is 0 Å². The Balaban J connectivity index is 0.00000300. The summed E-state index contributed by atoms with van der Waals surface area (Å²) in [5, 5.41) is 3.27. The number of hydrogen-bond acceptors (Lipinski definition) is 4. The Bertz CT molecular complexity index is 705. The number of rotatable bonds is 5. The van der Waals surface area contributed by atoms with Crippen molar-refractivity contribution in [1.29, 1.82) is 0 Å². The topological polar surface area (TPSA) is 66.4 Å². The summed E-state index contributed by atoms with van der Waals surface area (Å²) in [5.74, 6) is 0.753. The zero-order valence-electron chi connectivity index (χ0n) is 17.0. The Hall–Kier alpha value is -1.62. The number of piperazine rings is 1. The molecule has 2 fully saturated rings. The quantitative estimate of drug-likeness (QED) is 0.367. The minimum absolute atomic E-state index is 0. The van der Waals surface area contributed by atoms with Gasteiger partial charge in [0.25, 0.3) is 5.91 Å². The first-order valence-corrected chi connectivity index (χ1v) is 9.89. The maximum atomic E-state index is 14.0. The lowest BCUT2D eigenvalue weighted by atomic mass is 10.2. The fraction of sp³-hybridized carbons (Fsp3) is 0.600. The maximum absolute atomic E-state index is 14.0. The average Bonchev–Trinajstić information content (AvgIpc) is 3.25. The van der Waals surface area contributed by atoms with Crippen molar-refractivity contribution in [3.8, 4) is 5.75 Å². The van der Waals surface area contributed by atoms with Gasteiger partial charge >= 0.3 is 0 Å². The highest BCUT2D eigenvalue weighted by Gasteiger charge is 2.30. The molecule has 162 valence electrons. The molecule has 1 atom stereocenters. The predicted octanol–water partition coefficient (Wildman–Crippen LogP) is 2.24. The van der Waals surface area contributed by atoms with Gasteiger partial charge in [-0.1, -0.05) is 6.07 Å². The molecule has 1 N–H and O–H groups in total. The minimum Gasteiger partial charge on any atom is -0.491 e. The summed E-state index contributed by atoms with van der Waals surface area (Å²) in [5.41, 5.74) is 0.814. The van der Waals surface area contributed by atoms with Gasteiger partial charge in [-0.2, -0.15) is 0 Å². The van der Waals surface area contributed by atoms with E-state index in [0.29, 0.717) is 45.9 Å². The number of aliphatic imine (C=N–C) groups is 1. The first kappa shape index (κ1) is 23.7. The van der Waals surface area contributed by atoms with Crippen molar-refractivity contribution in [1.82, 2.24) is 15.1 Å². The summed E-state index contributed by atoms with van der Waals surface area (Å²) in [6.45, 7) is 6.11. The molecule has 2 saturated heterocycles. The molecule has 0 saturated carbocycles. The van der Waals surface area contributed by atoms with Crippen LogP contribution in [-0.4, -0.2) is 74.2 Å². The van der Waals surface area contributed by atoms with Crippen LogP contribution in [0.5, 0.6) is 5.75 Å². The molecular formula is C20H30FIN4O3. The van der Waals surface area contributed by atoms with Gasteiger partial charge in [-0.25, -0.2) is 4.39 Å². The van der Waals surface area contributed by atoms with Gasteiger partial charge < -0.3 is 24.6 Å². The van der Waals surface area contributed by atoms with Crippen LogP contribution in [0.4, 0.5) is 4.39 Å². The number of carbonyl (C=O) groups is 1. The van der Waals surface area contributed by atoms with E-state index in [1.165, 1.54) is 6.07 Å². The van der Waals surface area contributed by atoms with Gasteiger partial charge in [0.05, 0.1) is 6.61 Å². The lowest BCUT2D eigenvalue weighted by molar-refractivity contribution is -0.142. The maximum Gasteiger partial charge on any atom is 0.251 e. The van der Waals surface area contributed by atoms with Crippen LogP contribution in [0.1, 0.15) is 25.3 Å². The zero-order valence-corrected chi connectivity index (χ0v) is 19.4. The van der Waals surface area contributed by atoms with Crippen LogP contribution in [0.3, 0.4) is 0 Å². The second-order valence-corrected chi connectivity index (χ2v) is 6.91. The molecule has 0 aromatic heterocycles. The molecule has 1 amide bonds. The highest BCUT2D eigenvalue weighted by atomic mass is 127. The first-order valence-electron chi connectivity index (χ1n) is 9.89. The van der Waals surface area contributed by atoms with Crippen molar-refractivity contribution in [3.05, 3.63) is 29.6 Å². The van der Waals surface area contributed by atoms with Gasteiger partial charge in [0.2, 0.25) is 0 Å². The third kappa shape index (κ3) is 6.18. The van der Waals surface area contributed by atoms with Gasteiger partial charge in [-0.05, 0) is 37.5 Å².